The molecular formula is C20H24N4O3. The van der Waals surface area contributed by atoms with Gasteiger partial charge in [0.05, 0.1) is 24.0 Å². The standard InChI is InChI=1S/C20H24N4O3/c25-18-11-13-5-3-9-16(13)21-24(18)12-14-6-4-10-23(14)20(26)19-15-7-1-2-8-17(15)22-27-19/h11,14H,1-10,12H2. The number of hydrogen-bond acceptors (Lipinski definition) is 5. The molecule has 7 heteroatoms. The SMILES string of the molecule is O=C(c1onc2c1CCCC2)N1CCCC1Cn1nc2c(cc1=O)CCC2. The molecule has 1 fully saturated rings. The highest BCUT2D eigenvalue weighted by Crippen LogP contribution is 2.28. The van der Waals surface area contributed by atoms with E-state index in [-0.39, 0.29) is 17.5 Å². The van der Waals surface area contributed by atoms with E-state index >= 15 is 0 Å². The minimum atomic E-state index is -0.0811. The molecule has 27 heavy (non-hydrogen) atoms. The van der Waals surface area contributed by atoms with Gasteiger partial charge in [0, 0.05) is 18.2 Å². The van der Waals surface area contributed by atoms with Gasteiger partial charge in [-0.05, 0) is 63.4 Å². The lowest BCUT2D eigenvalue weighted by Gasteiger charge is -2.24. The van der Waals surface area contributed by atoms with Gasteiger partial charge in [0.2, 0.25) is 5.76 Å². The normalized spacial score (nSPS) is 21.3. The fourth-order valence-corrected chi connectivity index (χ4v) is 4.75. The van der Waals surface area contributed by atoms with Crippen molar-refractivity contribution < 1.29 is 9.32 Å². The number of rotatable bonds is 3. The lowest BCUT2D eigenvalue weighted by Crippen LogP contribution is -2.41. The monoisotopic (exact) mass is 368 g/mol. The Bertz CT molecular complexity index is 945. The summed E-state index contributed by atoms with van der Waals surface area (Å²) < 4.78 is 7.00. The Morgan fingerprint density at radius 1 is 1.11 bits per heavy atom. The predicted octanol–water partition coefficient (Wildman–Crippen LogP) is 1.90. The Labute approximate surface area is 157 Å². The molecule has 1 unspecified atom stereocenters. The van der Waals surface area contributed by atoms with Crippen molar-refractivity contribution in [3.63, 3.8) is 0 Å². The van der Waals surface area contributed by atoms with E-state index in [1.165, 1.54) is 0 Å². The smallest absolute Gasteiger partial charge is 0.293 e. The summed E-state index contributed by atoms with van der Waals surface area (Å²) in [6.07, 6.45) is 8.71. The maximum atomic E-state index is 13.1. The van der Waals surface area contributed by atoms with Crippen LogP contribution in [0.3, 0.4) is 0 Å². The summed E-state index contributed by atoms with van der Waals surface area (Å²) in [6.45, 7) is 1.15. The van der Waals surface area contributed by atoms with Crippen LogP contribution in [-0.2, 0) is 32.2 Å². The van der Waals surface area contributed by atoms with Crippen molar-refractivity contribution in [2.75, 3.05) is 6.54 Å². The van der Waals surface area contributed by atoms with Crippen molar-refractivity contribution in [3.05, 3.63) is 44.7 Å². The molecular weight excluding hydrogens is 344 g/mol. The van der Waals surface area contributed by atoms with Crippen LogP contribution in [0.2, 0.25) is 0 Å². The van der Waals surface area contributed by atoms with Crippen molar-refractivity contribution in [2.24, 2.45) is 0 Å². The highest BCUT2D eigenvalue weighted by molar-refractivity contribution is 5.93. The van der Waals surface area contributed by atoms with E-state index in [0.717, 1.165) is 80.3 Å². The van der Waals surface area contributed by atoms with Gasteiger partial charge in [0.15, 0.2) is 0 Å². The average Bonchev–Trinajstić information content (AvgIpc) is 3.40. The summed E-state index contributed by atoms with van der Waals surface area (Å²) in [5.41, 5.74) is 3.99. The van der Waals surface area contributed by atoms with Gasteiger partial charge in [-0.1, -0.05) is 5.16 Å². The van der Waals surface area contributed by atoms with E-state index in [0.29, 0.717) is 18.8 Å². The molecule has 3 aliphatic rings. The Hall–Kier alpha value is -2.44. The number of fused-ring (bicyclic) bond motifs is 2. The number of aromatic nitrogens is 3. The maximum Gasteiger partial charge on any atom is 0.293 e. The summed E-state index contributed by atoms with van der Waals surface area (Å²) in [5, 5.41) is 8.70. The molecule has 7 nitrogen and oxygen atoms in total. The molecule has 2 aliphatic carbocycles. The number of hydrogen-bond donors (Lipinski definition) is 0. The van der Waals surface area contributed by atoms with Gasteiger partial charge in [-0.3, -0.25) is 9.59 Å². The van der Waals surface area contributed by atoms with Gasteiger partial charge < -0.3 is 9.42 Å². The highest BCUT2D eigenvalue weighted by Gasteiger charge is 2.35. The van der Waals surface area contributed by atoms with Gasteiger partial charge in [0.1, 0.15) is 0 Å². The van der Waals surface area contributed by atoms with Crippen molar-refractivity contribution in [2.45, 2.75) is 70.4 Å². The minimum Gasteiger partial charge on any atom is -0.350 e. The van der Waals surface area contributed by atoms with Crippen LogP contribution in [0.1, 0.15) is 65.2 Å². The average molecular weight is 368 g/mol. The molecule has 1 aliphatic heterocycles. The van der Waals surface area contributed by atoms with E-state index in [1.807, 2.05) is 4.90 Å². The molecule has 0 saturated carbocycles. The summed E-state index contributed by atoms with van der Waals surface area (Å²) in [6, 6.07) is 1.70. The number of carbonyl (C=O) groups excluding carboxylic acids is 1. The molecule has 2 aromatic rings. The Balaban J connectivity index is 1.39. The zero-order valence-corrected chi connectivity index (χ0v) is 15.4. The molecule has 1 saturated heterocycles. The van der Waals surface area contributed by atoms with Gasteiger partial charge in [-0.25, -0.2) is 4.68 Å². The third kappa shape index (κ3) is 2.89. The second kappa shape index (κ2) is 6.62. The van der Waals surface area contributed by atoms with Gasteiger partial charge in [0.25, 0.3) is 11.5 Å². The molecule has 1 atom stereocenters. The molecule has 5 rings (SSSR count). The molecule has 142 valence electrons. The second-order valence-electron chi connectivity index (χ2n) is 7.93. The topological polar surface area (TPSA) is 81.2 Å². The van der Waals surface area contributed by atoms with Gasteiger partial charge >= 0.3 is 0 Å². The molecule has 3 heterocycles. The van der Waals surface area contributed by atoms with E-state index in [9.17, 15) is 9.59 Å². The van der Waals surface area contributed by atoms with E-state index < -0.39 is 0 Å². The van der Waals surface area contributed by atoms with Crippen molar-refractivity contribution >= 4 is 5.91 Å². The van der Waals surface area contributed by atoms with Crippen molar-refractivity contribution in [1.29, 1.82) is 0 Å². The van der Waals surface area contributed by atoms with Crippen LogP contribution in [-0.4, -0.2) is 38.3 Å². The lowest BCUT2D eigenvalue weighted by atomic mass is 9.96. The van der Waals surface area contributed by atoms with Crippen LogP contribution in [0.25, 0.3) is 0 Å². The first-order chi connectivity index (χ1) is 13.2. The number of aryl methyl sites for hydroxylation is 3. The van der Waals surface area contributed by atoms with Gasteiger partial charge in [-0.15, -0.1) is 0 Å². The van der Waals surface area contributed by atoms with Crippen molar-refractivity contribution in [1.82, 2.24) is 19.8 Å². The molecule has 2 aromatic heterocycles. The molecule has 0 aromatic carbocycles. The fourth-order valence-electron chi connectivity index (χ4n) is 4.75. The van der Waals surface area contributed by atoms with Crippen LogP contribution in [0.15, 0.2) is 15.4 Å². The first-order valence-corrected chi connectivity index (χ1v) is 10.1. The highest BCUT2D eigenvalue weighted by atomic mass is 16.5. The number of amides is 1. The summed E-state index contributed by atoms with van der Waals surface area (Å²) in [5.74, 6) is 0.327. The molecule has 0 N–H and O–H groups in total. The van der Waals surface area contributed by atoms with Crippen LogP contribution >= 0.6 is 0 Å². The van der Waals surface area contributed by atoms with Crippen LogP contribution in [0, 0.1) is 0 Å². The predicted molar refractivity (Wildman–Crippen MR) is 97.7 cm³/mol. The first-order valence-electron chi connectivity index (χ1n) is 10.1. The van der Waals surface area contributed by atoms with E-state index in [1.54, 1.807) is 10.7 Å². The summed E-state index contributed by atoms with van der Waals surface area (Å²) in [7, 11) is 0. The van der Waals surface area contributed by atoms with Gasteiger partial charge in [-0.2, -0.15) is 5.10 Å². The maximum absolute atomic E-state index is 13.1. The van der Waals surface area contributed by atoms with E-state index in [2.05, 4.69) is 10.3 Å². The molecule has 0 bridgehead atoms. The van der Waals surface area contributed by atoms with Crippen LogP contribution in [0.5, 0.6) is 0 Å². The Morgan fingerprint density at radius 3 is 2.89 bits per heavy atom. The third-order valence-electron chi connectivity index (χ3n) is 6.20. The largest absolute Gasteiger partial charge is 0.350 e. The zero-order valence-electron chi connectivity index (χ0n) is 15.4. The number of carbonyl (C=O) groups is 1. The third-order valence-corrected chi connectivity index (χ3v) is 6.20. The van der Waals surface area contributed by atoms with E-state index in [4.69, 9.17) is 4.52 Å². The lowest BCUT2D eigenvalue weighted by molar-refractivity contribution is 0.0676. The molecule has 0 radical (unpaired) electrons. The molecule has 1 amide bonds. The van der Waals surface area contributed by atoms with Crippen molar-refractivity contribution in [3.8, 4) is 0 Å². The quantitative estimate of drug-likeness (QED) is 0.827. The molecule has 0 spiro atoms. The number of likely N-dealkylation sites (tertiary alicyclic amines) is 1. The zero-order chi connectivity index (χ0) is 18.4. The Kier molecular flexibility index (Phi) is 4.10. The van der Waals surface area contributed by atoms with Crippen LogP contribution in [0.4, 0.5) is 0 Å². The second-order valence-corrected chi connectivity index (χ2v) is 7.93. The van der Waals surface area contributed by atoms with Crippen LogP contribution < -0.4 is 5.56 Å². The summed E-state index contributed by atoms with van der Waals surface area (Å²) >= 11 is 0. The Morgan fingerprint density at radius 2 is 1.96 bits per heavy atom. The number of nitrogens with zero attached hydrogens (tertiary/aromatic N) is 4. The minimum absolute atomic E-state index is 0.0218. The fraction of sp³-hybridized carbons (Fsp3) is 0.600. The summed E-state index contributed by atoms with van der Waals surface area (Å²) in [4.78, 5) is 27.4. The first kappa shape index (κ1) is 16.7.